The van der Waals surface area contributed by atoms with Crippen molar-refractivity contribution >= 4 is 17.5 Å². The number of rotatable bonds is 3. The molecule has 1 fully saturated rings. The van der Waals surface area contributed by atoms with Crippen LogP contribution in [-0.4, -0.2) is 34.8 Å². The van der Waals surface area contributed by atoms with E-state index in [1.807, 2.05) is 0 Å². The Labute approximate surface area is 122 Å². The van der Waals surface area contributed by atoms with E-state index in [-0.39, 0.29) is 23.3 Å². The van der Waals surface area contributed by atoms with Gasteiger partial charge in [0.1, 0.15) is 0 Å². The standard InChI is InChI=1S/C15H19N3O3/c1-3-13(19)18-6-4-11(5-7-18)15(21)17-12-8-10(2)14(20)16-9-12/h3,8-9,11H,1,4-7H2,2H3,(H,16,20)(H,17,21). The zero-order chi connectivity index (χ0) is 15.4. The Kier molecular flexibility index (Phi) is 4.57. The van der Waals surface area contributed by atoms with E-state index >= 15 is 0 Å². The van der Waals surface area contributed by atoms with E-state index in [4.69, 9.17) is 0 Å². The first kappa shape index (κ1) is 15.0. The molecule has 0 atom stereocenters. The molecule has 112 valence electrons. The first-order chi connectivity index (χ1) is 10.0. The smallest absolute Gasteiger partial charge is 0.250 e. The molecular formula is C15H19N3O3. The number of amides is 2. The van der Waals surface area contributed by atoms with Crippen LogP contribution in [0.5, 0.6) is 0 Å². The monoisotopic (exact) mass is 289 g/mol. The lowest BCUT2D eigenvalue weighted by molar-refractivity contribution is -0.130. The molecule has 0 bridgehead atoms. The fourth-order valence-corrected chi connectivity index (χ4v) is 2.41. The highest BCUT2D eigenvalue weighted by Crippen LogP contribution is 2.19. The number of carbonyl (C=O) groups excluding carboxylic acids is 2. The van der Waals surface area contributed by atoms with Gasteiger partial charge in [-0.3, -0.25) is 14.4 Å². The summed E-state index contributed by atoms with van der Waals surface area (Å²) >= 11 is 0. The Morgan fingerprint density at radius 1 is 1.43 bits per heavy atom. The van der Waals surface area contributed by atoms with Gasteiger partial charge in [-0.15, -0.1) is 0 Å². The lowest BCUT2D eigenvalue weighted by Crippen LogP contribution is -2.40. The molecule has 0 spiro atoms. The van der Waals surface area contributed by atoms with Gasteiger partial charge in [0.25, 0.3) is 5.56 Å². The van der Waals surface area contributed by atoms with Crippen molar-refractivity contribution in [2.45, 2.75) is 19.8 Å². The predicted octanol–water partition coefficient (Wildman–Crippen LogP) is 1.05. The summed E-state index contributed by atoms with van der Waals surface area (Å²) in [6.45, 7) is 6.28. The average molecular weight is 289 g/mol. The second-order valence-electron chi connectivity index (χ2n) is 5.19. The van der Waals surface area contributed by atoms with Gasteiger partial charge in [0.2, 0.25) is 11.8 Å². The quantitative estimate of drug-likeness (QED) is 0.816. The zero-order valence-electron chi connectivity index (χ0n) is 12.0. The van der Waals surface area contributed by atoms with Gasteiger partial charge in [0.05, 0.1) is 5.69 Å². The van der Waals surface area contributed by atoms with Gasteiger partial charge >= 0.3 is 0 Å². The van der Waals surface area contributed by atoms with Crippen LogP contribution in [0.15, 0.2) is 29.7 Å². The van der Waals surface area contributed by atoms with E-state index in [9.17, 15) is 14.4 Å². The molecule has 2 heterocycles. The van der Waals surface area contributed by atoms with Crippen LogP contribution in [0.25, 0.3) is 0 Å². The van der Waals surface area contributed by atoms with E-state index in [0.29, 0.717) is 37.2 Å². The van der Waals surface area contributed by atoms with Crippen molar-refractivity contribution in [1.29, 1.82) is 0 Å². The van der Waals surface area contributed by atoms with Gasteiger partial charge in [-0.05, 0) is 31.9 Å². The first-order valence-corrected chi connectivity index (χ1v) is 6.93. The van der Waals surface area contributed by atoms with Crippen LogP contribution in [0.3, 0.4) is 0 Å². The van der Waals surface area contributed by atoms with Crippen LogP contribution >= 0.6 is 0 Å². The van der Waals surface area contributed by atoms with E-state index in [0.717, 1.165) is 0 Å². The molecule has 1 aliphatic rings. The Morgan fingerprint density at radius 2 is 2.10 bits per heavy atom. The van der Waals surface area contributed by atoms with Crippen molar-refractivity contribution in [2.24, 2.45) is 5.92 Å². The minimum atomic E-state index is -0.163. The first-order valence-electron chi connectivity index (χ1n) is 6.93. The summed E-state index contributed by atoms with van der Waals surface area (Å²) in [5.74, 6) is -0.289. The molecule has 1 aliphatic heterocycles. The maximum Gasteiger partial charge on any atom is 0.250 e. The summed E-state index contributed by atoms with van der Waals surface area (Å²) in [7, 11) is 0. The third kappa shape index (κ3) is 3.59. The molecule has 6 heteroatoms. The molecule has 1 aromatic rings. The van der Waals surface area contributed by atoms with Gasteiger partial charge < -0.3 is 15.2 Å². The average Bonchev–Trinajstić information content (AvgIpc) is 2.50. The lowest BCUT2D eigenvalue weighted by Gasteiger charge is -2.30. The van der Waals surface area contributed by atoms with Crippen molar-refractivity contribution in [3.8, 4) is 0 Å². The number of aromatic nitrogens is 1. The fraction of sp³-hybridized carbons (Fsp3) is 0.400. The molecular weight excluding hydrogens is 270 g/mol. The molecule has 1 aromatic heterocycles. The summed E-state index contributed by atoms with van der Waals surface area (Å²) in [6, 6.07) is 1.65. The van der Waals surface area contributed by atoms with Gasteiger partial charge in [0.15, 0.2) is 0 Å². The number of piperidine rings is 1. The maximum atomic E-state index is 12.2. The number of pyridine rings is 1. The van der Waals surface area contributed by atoms with Crippen LogP contribution < -0.4 is 10.9 Å². The van der Waals surface area contributed by atoms with Gasteiger partial charge in [-0.2, -0.15) is 0 Å². The topological polar surface area (TPSA) is 82.3 Å². The van der Waals surface area contributed by atoms with E-state index < -0.39 is 0 Å². The zero-order valence-corrected chi connectivity index (χ0v) is 12.0. The summed E-state index contributed by atoms with van der Waals surface area (Å²) in [5.41, 5.74) is 0.977. The number of nitrogens with zero attached hydrogens (tertiary/aromatic N) is 1. The van der Waals surface area contributed by atoms with Crippen LogP contribution in [0.4, 0.5) is 5.69 Å². The molecule has 6 nitrogen and oxygen atoms in total. The number of hydrogen-bond acceptors (Lipinski definition) is 3. The predicted molar refractivity (Wildman–Crippen MR) is 79.9 cm³/mol. The van der Waals surface area contributed by atoms with E-state index in [2.05, 4.69) is 16.9 Å². The Hall–Kier alpha value is -2.37. The van der Waals surface area contributed by atoms with Crippen LogP contribution in [0.1, 0.15) is 18.4 Å². The number of nitrogens with one attached hydrogen (secondary N) is 2. The summed E-state index contributed by atoms with van der Waals surface area (Å²) in [4.78, 5) is 39.2. The van der Waals surface area contributed by atoms with E-state index in [1.165, 1.54) is 12.3 Å². The molecule has 0 aromatic carbocycles. The van der Waals surface area contributed by atoms with Crippen molar-refractivity contribution in [3.05, 3.63) is 40.8 Å². The van der Waals surface area contributed by atoms with Crippen molar-refractivity contribution < 1.29 is 9.59 Å². The Bertz CT molecular complexity index is 613. The van der Waals surface area contributed by atoms with E-state index in [1.54, 1.807) is 17.9 Å². The minimum Gasteiger partial charge on any atom is -0.339 e. The van der Waals surface area contributed by atoms with Gasteiger partial charge in [0, 0.05) is 30.8 Å². The van der Waals surface area contributed by atoms with Crippen molar-refractivity contribution in [3.63, 3.8) is 0 Å². The number of aromatic amines is 1. The third-order valence-corrected chi connectivity index (χ3v) is 3.71. The number of carbonyl (C=O) groups is 2. The number of hydrogen-bond donors (Lipinski definition) is 2. The van der Waals surface area contributed by atoms with Crippen LogP contribution in [0.2, 0.25) is 0 Å². The molecule has 0 unspecified atom stereocenters. The van der Waals surface area contributed by atoms with Gasteiger partial charge in [-0.1, -0.05) is 6.58 Å². The molecule has 1 saturated heterocycles. The molecule has 2 rings (SSSR count). The molecule has 0 radical (unpaired) electrons. The highest BCUT2D eigenvalue weighted by molar-refractivity contribution is 5.93. The molecule has 0 aliphatic carbocycles. The fourth-order valence-electron chi connectivity index (χ4n) is 2.41. The highest BCUT2D eigenvalue weighted by Gasteiger charge is 2.26. The SMILES string of the molecule is C=CC(=O)N1CCC(C(=O)Nc2c[nH]c(=O)c(C)c2)CC1. The van der Waals surface area contributed by atoms with Crippen molar-refractivity contribution in [2.75, 3.05) is 18.4 Å². The maximum absolute atomic E-state index is 12.2. The van der Waals surface area contributed by atoms with Crippen LogP contribution in [-0.2, 0) is 9.59 Å². The number of aryl methyl sites for hydroxylation is 1. The molecule has 21 heavy (non-hydrogen) atoms. The van der Waals surface area contributed by atoms with Gasteiger partial charge in [-0.25, -0.2) is 0 Å². The Balaban J connectivity index is 1.93. The van der Waals surface area contributed by atoms with Crippen LogP contribution in [0, 0.1) is 12.8 Å². The normalized spacial score (nSPS) is 15.6. The van der Waals surface area contributed by atoms with Crippen molar-refractivity contribution in [1.82, 2.24) is 9.88 Å². The second kappa shape index (κ2) is 6.39. The summed E-state index contributed by atoms with van der Waals surface area (Å²) in [5, 5.41) is 2.81. The number of likely N-dealkylation sites (tertiary alicyclic amines) is 1. The number of anilines is 1. The summed E-state index contributed by atoms with van der Waals surface area (Å²) in [6.07, 6.45) is 4.05. The largest absolute Gasteiger partial charge is 0.339 e. The minimum absolute atomic E-state index is 0.0767. The molecule has 2 amide bonds. The lowest BCUT2D eigenvalue weighted by atomic mass is 9.95. The highest BCUT2D eigenvalue weighted by atomic mass is 16.2. The molecule has 2 N–H and O–H groups in total. The summed E-state index contributed by atoms with van der Waals surface area (Å²) < 4.78 is 0. The Morgan fingerprint density at radius 3 is 2.67 bits per heavy atom. The third-order valence-electron chi connectivity index (χ3n) is 3.71. The second-order valence-corrected chi connectivity index (χ2v) is 5.19. The number of H-pyrrole nitrogens is 1. The molecule has 0 saturated carbocycles.